The minimum absolute atomic E-state index is 0.330. The van der Waals surface area contributed by atoms with Crippen LogP contribution in [0.25, 0.3) is 0 Å². The topological polar surface area (TPSA) is 52.6 Å². The van der Waals surface area contributed by atoms with Crippen molar-refractivity contribution in [1.29, 1.82) is 0 Å². The second-order valence-electron chi connectivity index (χ2n) is 17.5. The lowest BCUT2D eigenvalue weighted by Crippen LogP contribution is -2.15. The van der Waals surface area contributed by atoms with E-state index in [1.54, 1.807) is 12.1 Å². The second-order valence-corrected chi connectivity index (χ2v) is 17.5. The lowest BCUT2D eigenvalue weighted by atomic mass is 9.90. The van der Waals surface area contributed by atoms with E-state index in [2.05, 4.69) is 27.7 Å². The standard InChI is InChI=1S/C52H94O4/c1-5-9-13-17-21-25-29-37-47(38-30-26-22-18-14-10-6-2)41-35-45-55-51(53)49-43-33-34-44-50(49)52(54)56-46-36-42-48(39-31-27-23-19-15-11-7-3)40-32-28-24-20-16-12-8-4/h33-34,43-44,47-48H,5-32,35-42,45-46H2,1-4H3. The molecule has 0 saturated carbocycles. The Kier molecular flexibility index (Phi) is 37.2. The van der Waals surface area contributed by atoms with E-state index in [9.17, 15) is 9.59 Å². The predicted molar refractivity (Wildman–Crippen MR) is 243 cm³/mol. The number of benzene rings is 1. The lowest BCUT2D eigenvalue weighted by Gasteiger charge is -2.18. The van der Waals surface area contributed by atoms with Crippen molar-refractivity contribution in [2.75, 3.05) is 13.2 Å². The van der Waals surface area contributed by atoms with Crippen molar-refractivity contribution in [2.45, 2.75) is 259 Å². The van der Waals surface area contributed by atoms with E-state index in [-0.39, 0.29) is 0 Å². The van der Waals surface area contributed by atoms with Gasteiger partial charge in [-0.15, -0.1) is 0 Å². The SMILES string of the molecule is CCCCCCCCCC(CCCCCCCCC)CCCOC(=O)c1ccccc1C(=O)OCCCC(CCCCCCCCC)CCCCCCCCC. The van der Waals surface area contributed by atoms with Crippen LogP contribution in [0.15, 0.2) is 24.3 Å². The Morgan fingerprint density at radius 2 is 0.589 bits per heavy atom. The first kappa shape index (κ1) is 52.2. The highest BCUT2D eigenvalue weighted by Gasteiger charge is 2.20. The van der Waals surface area contributed by atoms with Crippen LogP contribution in [0.2, 0.25) is 0 Å². The van der Waals surface area contributed by atoms with E-state index in [0.717, 1.165) is 25.7 Å². The Morgan fingerprint density at radius 1 is 0.357 bits per heavy atom. The maximum atomic E-state index is 13.2. The summed E-state index contributed by atoms with van der Waals surface area (Å²) < 4.78 is 11.6. The highest BCUT2D eigenvalue weighted by atomic mass is 16.5. The molecule has 0 bridgehead atoms. The Bertz CT molecular complexity index is 889. The second kappa shape index (κ2) is 40.0. The van der Waals surface area contributed by atoms with Gasteiger partial charge in [-0.2, -0.15) is 0 Å². The molecule has 0 heterocycles. The van der Waals surface area contributed by atoms with Crippen LogP contribution in [0.5, 0.6) is 0 Å². The zero-order valence-corrected chi connectivity index (χ0v) is 38.0. The van der Waals surface area contributed by atoms with E-state index in [4.69, 9.17) is 9.47 Å². The van der Waals surface area contributed by atoms with Crippen molar-refractivity contribution in [3.05, 3.63) is 35.4 Å². The van der Waals surface area contributed by atoms with E-state index < -0.39 is 11.9 Å². The molecule has 0 aliphatic heterocycles. The quantitative estimate of drug-likeness (QED) is 0.0490. The van der Waals surface area contributed by atoms with Gasteiger partial charge in [0, 0.05) is 0 Å². The third-order valence-electron chi connectivity index (χ3n) is 12.2. The molecule has 0 saturated heterocycles. The van der Waals surface area contributed by atoms with Crippen molar-refractivity contribution < 1.29 is 19.1 Å². The molecule has 56 heavy (non-hydrogen) atoms. The molecule has 0 atom stereocenters. The summed E-state index contributed by atoms with van der Waals surface area (Å²) in [5.74, 6) is 0.622. The summed E-state index contributed by atoms with van der Waals surface area (Å²) in [5.41, 5.74) is 0.659. The molecule has 0 aliphatic rings. The van der Waals surface area contributed by atoms with Crippen molar-refractivity contribution in [1.82, 2.24) is 0 Å². The van der Waals surface area contributed by atoms with Gasteiger partial charge in [-0.05, 0) is 49.7 Å². The van der Waals surface area contributed by atoms with Crippen LogP contribution < -0.4 is 0 Å². The molecule has 0 radical (unpaired) electrons. The number of esters is 2. The van der Waals surface area contributed by atoms with Gasteiger partial charge in [0.25, 0.3) is 0 Å². The first-order chi connectivity index (χ1) is 27.6. The van der Waals surface area contributed by atoms with Crippen molar-refractivity contribution in [3.8, 4) is 0 Å². The third kappa shape index (κ3) is 30.3. The van der Waals surface area contributed by atoms with Crippen molar-refractivity contribution >= 4 is 11.9 Å². The van der Waals surface area contributed by atoms with Crippen LogP contribution in [0, 0.1) is 11.8 Å². The highest BCUT2D eigenvalue weighted by molar-refractivity contribution is 6.03. The number of rotatable bonds is 42. The van der Waals surface area contributed by atoms with Gasteiger partial charge in [0.1, 0.15) is 0 Å². The number of hydrogen-bond acceptors (Lipinski definition) is 4. The zero-order valence-electron chi connectivity index (χ0n) is 38.0. The maximum absolute atomic E-state index is 13.2. The summed E-state index contributed by atoms with van der Waals surface area (Å²) in [4.78, 5) is 26.5. The summed E-state index contributed by atoms with van der Waals surface area (Å²) >= 11 is 0. The molecular weight excluding hydrogens is 689 g/mol. The first-order valence-corrected chi connectivity index (χ1v) is 25.0. The summed E-state index contributed by atoms with van der Waals surface area (Å²) in [7, 11) is 0. The molecule has 0 unspecified atom stereocenters. The normalized spacial score (nSPS) is 11.5. The Labute approximate surface area is 349 Å². The number of carbonyl (C=O) groups excluding carboxylic acids is 2. The van der Waals surface area contributed by atoms with E-state index in [0.29, 0.717) is 36.2 Å². The zero-order chi connectivity index (χ0) is 40.6. The van der Waals surface area contributed by atoms with Crippen LogP contribution >= 0.6 is 0 Å². The fourth-order valence-electron chi connectivity index (χ4n) is 8.49. The minimum atomic E-state index is -0.405. The van der Waals surface area contributed by atoms with E-state index in [1.807, 2.05) is 12.1 Å². The molecule has 4 heteroatoms. The first-order valence-electron chi connectivity index (χ1n) is 25.0. The summed E-state index contributed by atoms with van der Waals surface area (Å²) in [6, 6.07) is 7.05. The number of hydrogen-bond donors (Lipinski definition) is 0. The third-order valence-corrected chi connectivity index (χ3v) is 12.2. The van der Waals surface area contributed by atoms with Gasteiger partial charge in [0.2, 0.25) is 0 Å². The Morgan fingerprint density at radius 3 is 0.857 bits per heavy atom. The largest absolute Gasteiger partial charge is 0.462 e. The molecular formula is C52H94O4. The molecule has 326 valence electrons. The minimum Gasteiger partial charge on any atom is -0.462 e. The van der Waals surface area contributed by atoms with Crippen molar-refractivity contribution in [2.24, 2.45) is 11.8 Å². The molecule has 0 spiro atoms. The van der Waals surface area contributed by atoms with Gasteiger partial charge >= 0.3 is 11.9 Å². The number of unbranched alkanes of at least 4 members (excludes halogenated alkanes) is 24. The smallest absolute Gasteiger partial charge is 0.339 e. The van der Waals surface area contributed by atoms with Gasteiger partial charge < -0.3 is 9.47 Å². The monoisotopic (exact) mass is 783 g/mol. The average molecular weight is 783 g/mol. The van der Waals surface area contributed by atoms with Gasteiger partial charge in [0.15, 0.2) is 0 Å². The molecule has 0 aromatic heterocycles. The molecule has 4 nitrogen and oxygen atoms in total. The van der Waals surface area contributed by atoms with Crippen LogP contribution in [0.1, 0.15) is 280 Å². The Hall–Kier alpha value is -1.84. The fraction of sp³-hybridized carbons (Fsp3) is 0.846. The summed E-state index contributed by atoms with van der Waals surface area (Å²) in [5, 5.41) is 0. The summed E-state index contributed by atoms with van der Waals surface area (Å²) in [6.07, 6.45) is 47.0. The number of ether oxygens (including phenoxy) is 2. The van der Waals surface area contributed by atoms with Gasteiger partial charge in [0.05, 0.1) is 24.3 Å². The average Bonchev–Trinajstić information content (AvgIpc) is 3.21. The van der Waals surface area contributed by atoms with E-state index in [1.165, 1.54) is 205 Å². The van der Waals surface area contributed by atoms with Crippen LogP contribution in [-0.2, 0) is 9.47 Å². The molecule has 0 N–H and O–H groups in total. The molecule has 1 aromatic rings. The van der Waals surface area contributed by atoms with Crippen LogP contribution in [-0.4, -0.2) is 25.2 Å². The molecule has 0 fully saturated rings. The van der Waals surface area contributed by atoms with Crippen LogP contribution in [0.3, 0.4) is 0 Å². The molecule has 1 rings (SSSR count). The summed E-state index contributed by atoms with van der Waals surface area (Å²) in [6.45, 7) is 9.95. The lowest BCUT2D eigenvalue weighted by molar-refractivity contribution is 0.0445. The highest BCUT2D eigenvalue weighted by Crippen LogP contribution is 2.26. The van der Waals surface area contributed by atoms with Gasteiger partial charge in [-0.1, -0.05) is 245 Å². The van der Waals surface area contributed by atoms with Gasteiger partial charge in [-0.3, -0.25) is 0 Å². The van der Waals surface area contributed by atoms with Crippen LogP contribution in [0.4, 0.5) is 0 Å². The predicted octanol–water partition coefficient (Wildman–Crippen LogP) is 17.4. The van der Waals surface area contributed by atoms with E-state index >= 15 is 0 Å². The molecule has 0 aliphatic carbocycles. The maximum Gasteiger partial charge on any atom is 0.339 e. The molecule has 0 amide bonds. The fourth-order valence-corrected chi connectivity index (χ4v) is 8.49. The molecule has 1 aromatic carbocycles. The Balaban J connectivity index is 2.55. The van der Waals surface area contributed by atoms with Gasteiger partial charge in [-0.25, -0.2) is 9.59 Å². The van der Waals surface area contributed by atoms with Crippen molar-refractivity contribution in [3.63, 3.8) is 0 Å². The number of carbonyl (C=O) groups is 2.